The largest absolute Gasteiger partial charge is 0.418 e. The minimum atomic E-state index is -4.64. The van der Waals surface area contributed by atoms with Crippen molar-refractivity contribution in [3.63, 3.8) is 0 Å². The molecular weight excluding hydrogens is 399 g/mol. The summed E-state index contributed by atoms with van der Waals surface area (Å²) in [5.74, 6) is -0.329. The Kier molecular flexibility index (Phi) is 6.48. The van der Waals surface area contributed by atoms with Gasteiger partial charge in [-0.1, -0.05) is 49.0 Å². The van der Waals surface area contributed by atoms with Gasteiger partial charge < -0.3 is 5.32 Å². The van der Waals surface area contributed by atoms with Crippen molar-refractivity contribution in [3.8, 4) is 6.07 Å². The third-order valence-corrected chi connectivity index (χ3v) is 5.82. The molecule has 1 N–H and O–H groups in total. The molecule has 1 heterocycles. The second-order valence-corrected chi connectivity index (χ2v) is 8.06. The molecule has 0 saturated heterocycles. The van der Waals surface area contributed by atoms with E-state index in [2.05, 4.69) is 10.3 Å². The van der Waals surface area contributed by atoms with Crippen molar-refractivity contribution in [2.45, 2.75) is 43.9 Å². The van der Waals surface area contributed by atoms with Gasteiger partial charge in [0, 0.05) is 12.2 Å². The fraction of sp³-hybridized carbons (Fsp3) is 0.381. The van der Waals surface area contributed by atoms with Crippen molar-refractivity contribution in [1.82, 2.24) is 10.3 Å². The molecule has 1 aliphatic carbocycles. The molecule has 29 heavy (non-hydrogen) atoms. The number of nitrogens with one attached hydrogen (secondary N) is 1. The van der Waals surface area contributed by atoms with Gasteiger partial charge in [0.15, 0.2) is 0 Å². The molecule has 0 unspecified atom stereocenters. The maximum absolute atomic E-state index is 13.8. The van der Waals surface area contributed by atoms with Gasteiger partial charge >= 0.3 is 6.18 Å². The van der Waals surface area contributed by atoms with Crippen molar-refractivity contribution in [1.29, 1.82) is 5.26 Å². The Bertz CT molecular complexity index is 939. The first-order valence-corrected chi connectivity index (χ1v) is 10.2. The number of fused-ring (bicyclic) bond motifs is 1. The molecule has 4 nitrogen and oxygen atoms in total. The smallest absolute Gasteiger partial charge is 0.351 e. The first kappa shape index (κ1) is 21.2. The molecule has 0 bridgehead atoms. The molecule has 2 aromatic rings. The van der Waals surface area contributed by atoms with Crippen molar-refractivity contribution in [2.75, 3.05) is 5.75 Å². The SMILES string of the molecule is C[C@@H]1CCc2nc(SCC(=O)NCc3ccccc3)c(C#N)c(C(F)(F)F)c2C1. The molecule has 1 aromatic carbocycles. The molecule has 1 aromatic heterocycles. The molecule has 1 atom stereocenters. The molecule has 0 aliphatic heterocycles. The van der Waals surface area contributed by atoms with Gasteiger partial charge in [-0.2, -0.15) is 18.4 Å². The van der Waals surface area contributed by atoms with E-state index in [1.54, 1.807) is 6.07 Å². The van der Waals surface area contributed by atoms with Crippen LogP contribution in [0.1, 0.15) is 41.3 Å². The van der Waals surface area contributed by atoms with Crippen LogP contribution in [0.3, 0.4) is 0 Å². The summed E-state index contributed by atoms with van der Waals surface area (Å²) >= 11 is 0.873. The number of alkyl halides is 3. The van der Waals surface area contributed by atoms with Crippen LogP contribution in [0.4, 0.5) is 13.2 Å². The highest BCUT2D eigenvalue weighted by Gasteiger charge is 2.40. The van der Waals surface area contributed by atoms with Crippen LogP contribution in [0.25, 0.3) is 0 Å². The predicted molar refractivity (Wildman–Crippen MR) is 104 cm³/mol. The molecular formula is C21H20F3N3OS. The number of aryl methyl sites for hydroxylation is 1. The number of hydrogen-bond acceptors (Lipinski definition) is 4. The highest BCUT2D eigenvalue weighted by molar-refractivity contribution is 8.00. The second kappa shape index (κ2) is 8.87. The van der Waals surface area contributed by atoms with Gasteiger partial charge in [0.25, 0.3) is 0 Å². The first-order valence-electron chi connectivity index (χ1n) is 9.26. The fourth-order valence-electron chi connectivity index (χ4n) is 3.41. The third kappa shape index (κ3) is 5.10. The second-order valence-electron chi connectivity index (χ2n) is 7.10. The van der Waals surface area contributed by atoms with E-state index in [9.17, 15) is 23.2 Å². The summed E-state index contributed by atoms with van der Waals surface area (Å²) in [4.78, 5) is 16.5. The zero-order valence-electron chi connectivity index (χ0n) is 15.8. The third-order valence-electron chi connectivity index (χ3n) is 4.84. The summed E-state index contributed by atoms with van der Waals surface area (Å²) < 4.78 is 41.3. The van der Waals surface area contributed by atoms with Crippen LogP contribution in [0.2, 0.25) is 0 Å². The average molecular weight is 419 g/mol. The molecule has 152 valence electrons. The van der Waals surface area contributed by atoms with Gasteiger partial charge in [-0.15, -0.1) is 0 Å². The number of aromatic nitrogens is 1. The van der Waals surface area contributed by atoms with E-state index in [0.717, 1.165) is 23.7 Å². The van der Waals surface area contributed by atoms with Crippen LogP contribution in [0.5, 0.6) is 0 Å². The monoisotopic (exact) mass is 419 g/mol. The number of nitriles is 1. The summed E-state index contributed by atoms with van der Waals surface area (Å²) in [5.41, 5.74) is 0.0752. The fourth-order valence-corrected chi connectivity index (χ4v) is 4.25. The van der Waals surface area contributed by atoms with E-state index in [1.807, 2.05) is 37.3 Å². The van der Waals surface area contributed by atoms with E-state index in [4.69, 9.17) is 0 Å². The lowest BCUT2D eigenvalue weighted by Gasteiger charge is -2.26. The molecule has 1 aliphatic rings. The summed E-state index contributed by atoms with van der Waals surface area (Å²) in [7, 11) is 0. The predicted octanol–water partition coefficient (Wildman–Crippen LogP) is 4.51. The van der Waals surface area contributed by atoms with Crippen molar-refractivity contribution < 1.29 is 18.0 Å². The number of carbonyl (C=O) groups excluding carboxylic acids is 1. The molecule has 0 radical (unpaired) electrons. The number of carbonyl (C=O) groups is 1. The number of amides is 1. The standard InChI is InChI=1S/C21H20F3N3OS/c1-13-7-8-17-15(9-13)19(21(22,23)24)16(10-25)20(27-17)29-12-18(28)26-11-14-5-3-2-4-6-14/h2-6,13H,7-9,11-12H2,1H3,(H,26,28)/t13-/m1/s1. The van der Waals surface area contributed by atoms with E-state index in [1.165, 1.54) is 0 Å². The highest BCUT2D eigenvalue weighted by Crippen LogP contribution is 2.41. The van der Waals surface area contributed by atoms with Gasteiger partial charge in [-0.3, -0.25) is 4.79 Å². The quantitative estimate of drug-likeness (QED) is 0.725. The van der Waals surface area contributed by atoms with E-state index in [-0.39, 0.29) is 34.6 Å². The highest BCUT2D eigenvalue weighted by atomic mass is 32.2. The summed E-state index contributed by atoms with van der Waals surface area (Å²) in [6, 6.07) is 11.0. The zero-order chi connectivity index (χ0) is 21.0. The zero-order valence-corrected chi connectivity index (χ0v) is 16.7. The molecule has 0 spiro atoms. The number of hydrogen-bond donors (Lipinski definition) is 1. The number of halogens is 3. The summed E-state index contributed by atoms with van der Waals surface area (Å²) in [5, 5.41) is 12.1. The van der Waals surface area contributed by atoms with Crippen LogP contribution >= 0.6 is 11.8 Å². The lowest BCUT2D eigenvalue weighted by Crippen LogP contribution is -2.25. The van der Waals surface area contributed by atoms with Gasteiger partial charge in [0.05, 0.1) is 16.9 Å². The van der Waals surface area contributed by atoms with Crippen LogP contribution in [0, 0.1) is 17.2 Å². The van der Waals surface area contributed by atoms with Crippen LogP contribution in [-0.2, 0) is 30.4 Å². The lowest BCUT2D eigenvalue weighted by atomic mass is 9.84. The minimum Gasteiger partial charge on any atom is -0.351 e. The topological polar surface area (TPSA) is 65.8 Å². The number of pyridine rings is 1. The van der Waals surface area contributed by atoms with Crippen molar-refractivity contribution in [3.05, 3.63) is 58.3 Å². The van der Waals surface area contributed by atoms with Gasteiger partial charge in [0.2, 0.25) is 5.91 Å². The van der Waals surface area contributed by atoms with Crippen LogP contribution in [0.15, 0.2) is 35.4 Å². The molecule has 0 fully saturated rings. The number of thioether (sulfide) groups is 1. The maximum atomic E-state index is 13.8. The van der Waals surface area contributed by atoms with Crippen molar-refractivity contribution >= 4 is 17.7 Å². The average Bonchev–Trinajstić information content (AvgIpc) is 2.69. The normalized spacial score (nSPS) is 16.0. The van der Waals surface area contributed by atoms with Crippen molar-refractivity contribution in [2.24, 2.45) is 5.92 Å². The van der Waals surface area contributed by atoms with E-state index < -0.39 is 17.3 Å². The lowest BCUT2D eigenvalue weighted by molar-refractivity contribution is -0.138. The number of nitrogens with zero attached hydrogens (tertiary/aromatic N) is 2. The molecule has 0 saturated carbocycles. The Morgan fingerprint density at radius 1 is 1.34 bits per heavy atom. The minimum absolute atomic E-state index is 0.0250. The number of rotatable bonds is 5. The Morgan fingerprint density at radius 2 is 2.07 bits per heavy atom. The van der Waals surface area contributed by atoms with Gasteiger partial charge in [0.1, 0.15) is 11.1 Å². The Morgan fingerprint density at radius 3 is 2.72 bits per heavy atom. The summed E-state index contributed by atoms with van der Waals surface area (Å²) in [6.45, 7) is 2.23. The van der Waals surface area contributed by atoms with Gasteiger partial charge in [-0.25, -0.2) is 4.98 Å². The van der Waals surface area contributed by atoms with E-state index >= 15 is 0 Å². The number of benzene rings is 1. The summed E-state index contributed by atoms with van der Waals surface area (Å²) in [6.07, 6.45) is -3.18. The van der Waals surface area contributed by atoms with E-state index in [0.29, 0.717) is 18.7 Å². The van der Waals surface area contributed by atoms with Crippen LogP contribution < -0.4 is 5.32 Å². The molecule has 3 rings (SSSR count). The Hall–Kier alpha value is -2.53. The van der Waals surface area contributed by atoms with Gasteiger partial charge in [-0.05, 0) is 36.3 Å². The maximum Gasteiger partial charge on any atom is 0.418 e. The molecule has 1 amide bonds. The molecule has 8 heteroatoms. The first-order chi connectivity index (χ1) is 13.8. The Labute approximate surface area is 171 Å². The Balaban J connectivity index is 1.80. The van der Waals surface area contributed by atoms with Crippen LogP contribution in [-0.4, -0.2) is 16.6 Å².